The molecule has 3 aromatic heterocycles. The Morgan fingerprint density at radius 1 is 1.21 bits per heavy atom. The highest BCUT2D eigenvalue weighted by Crippen LogP contribution is 2.35. The van der Waals surface area contributed by atoms with Gasteiger partial charge in [-0.2, -0.15) is 0 Å². The Balaban J connectivity index is 1.80. The molecular formula is C23H23FN6O3. The zero-order valence-corrected chi connectivity index (χ0v) is 18.0. The number of nitrogen functional groups attached to an aromatic ring is 1. The fraction of sp³-hybridized carbons (Fsp3) is 0.304. The van der Waals surface area contributed by atoms with E-state index in [2.05, 4.69) is 15.1 Å². The zero-order chi connectivity index (χ0) is 23.1. The van der Waals surface area contributed by atoms with Gasteiger partial charge < -0.3 is 15.6 Å². The molecule has 4 aromatic rings. The molecule has 5 rings (SSSR count). The predicted molar refractivity (Wildman–Crippen MR) is 120 cm³/mol. The second kappa shape index (κ2) is 8.38. The number of nitrogens with two attached hydrogens (primary N) is 1. The molecule has 0 spiro atoms. The van der Waals surface area contributed by atoms with Gasteiger partial charge in [0.1, 0.15) is 5.82 Å². The number of hydrogen-bond donors (Lipinski definition) is 2. The number of fused-ring (bicyclic) bond motifs is 1. The summed E-state index contributed by atoms with van der Waals surface area (Å²) in [6.45, 7) is 2.53. The molecule has 0 saturated carbocycles. The maximum atomic E-state index is 13.6. The van der Waals surface area contributed by atoms with Gasteiger partial charge in [-0.1, -0.05) is 0 Å². The average Bonchev–Trinajstić information content (AvgIpc) is 3.42. The van der Waals surface area contributed by atoms with Crippen LogP contribution in [0.4, 0.5) is 10.3 Å². The Hall–Kier alpha value is -3.63. The summed E-state index contributed by atoms with van der Waals surface area (Å²) in [5, 5.41) is 14.3. The zero-order valence-electron chi connectivity index (χ0n) is 18.0. The van der Waals surface area contributed by atoms with Crippen molar-refractivity contribution in [1.29, 1.82) is 0 Å². The molecule has 3 N–H and O–H groups in total. The summed E-state index contributed by atoms with van der Waals surface area (Å²) in [7, 11) is 0. The lowest BCUT2D eigenvalue weighted by Crippen LogP contribution is -2.28. The summed E-state index contributed by atoms with van der Waals surface area (Å²) in [5.41, 5.74) is 9.54. The van der Waals surface area contributed by atoms with Gasteiger partial charge >= 0.3 is 5.69 Å². The highest BCUT2D eigenvalue weighted by atomic mass is 19.1. The molecule has 0 bridgehead atoms. The van der Waals surface area contributed by atoms with Crippen molar-refractivity contribution >= 4 is 11.6 Å². The van der Waals surface area contributed by atoms with Crippen molar-refractivity contribution in [2.24, 2.45) is 0 Å². The number of aliphatic hydroxyl groups is 1. The smallest absolute Gasteiger partial charge is 0.353 e. The van der Waals surface area contributed by atoms with E-state index in [-0.39, 0.29) is 24.5 Å². The molecule has 1 atom stereocenters. The van der Waals surface area contributed by atoms with Crippen LogP contribution in [-0.4, -0.2) is 42.0 Å². The molecule has 0 aliphatic carbocycles. The summed E-state index contributed by atoms with van der Waals surface area (Å²) >= 11 is 0. The minimum atomic E-state index is -0.412. The number of rotatable bonds is 5. The van der Waals surface area contributed by atoms with Crippen molar-refractivity contribution in [3.8, 4) is 22.4 Å². The van der Waals surface area contributed by atoms with E-state index in [0.717, 1.165) is 12.8 Å². The lowest BCUT2D eigenvalue weighted by atomic mass is 9.99. The molecular weight excluding hydrogens is 427 g/mol. The van der Waals surface area contributed by atoms with Gasteiger partial charge in [-0.25, -0.2) is 23.3 Å². The Bertz CT molecular complexity index is 1390. The summed E-state index contributed by atoms with van der Waals surface area (Å²) < 4.78 is 21.9. The topological polar surface area (TPSA) is 121 Å². The lowest BCUT2D eigenvalue weighted by molar-refractivity contribution is 0.0931. The summed E-state index contributed by atoms with van der Waals surface area (Å²) in [5.74, 6) is -0.404. The van der Waals surface area contributed by atoms with Crippen LogP contribution in [0.15, 0.2) is 41.2 Å². The van der Waals surface area contributed by atoms with E-state index in [1.807, 2.05) is 13.0 Å². The Labute approximate surface area is 188 Å². The molecule has 9 nitrogen and oxygen atoms in total. The minimum Gasteiger partial charge on any atom is -0.390 e. The van der Waals surface area contributed by atoms with E-state index in [1.165, 1.54) is 21.2 Å². The third kappa shape index (κ3) is 3.87. The quantitative estimate of drug-likeness (QED) is 0.479. The first-order valence-electron chi connectivity index (χ1n) is 10.7. The molecule has 0 amide bonds. The van der Waals surface area contributed by atoms with E-state index in [9.17, 15) is 14.3 Å². The van der Waals surface area contributed by atoms with Gasteiger partial charge in [0.15, 0.2) is 5.65 Å². The van der Waals surface area contributed by atoms with Crippen LogP contribution in [0, 0.1) is 12.7 Å². The number of benzene rings is 1. The molecule has 1 aliphatic heterocycles. The van der Waals surface area contributed by atoms with Gasteiger partial charge in [-0.3, -0.25) is 4.98 Å². The highest BCUT2D eigenvalue weighted by Gasteiger charge is 2.24. The normalized spacial score (nSPS) is 16.0. The number of pyridine rings is 1. The summed E-state index contributed by atoms with van der Waals surface area (Å²) in [6, 6.07) is 9.40. The second-order valence-electron chi connectivity index (χ2n) is 8.11. The molecule has 33 heavy (non-hydrogen) atoms. The Morgan fingerprint density at radius 3 is 2.70 bits per heavy atom. The van der Waals surface area contributed by atoms with Crippen molar-refractivity contribution in [3.05, 3.63) is 64.1 Å². The van der Waals surface area contributed by atoms with E-state index in [0.29, 0.717) is 52.6 Å². The molecule has 1 fully saturated rings. The van der Waals surface area contributed by atoms with Crippen LogP contribution >= 0.6 is 0 Å². The molecule has 170 valence electrons. The first-order chi connectivity index (χ1) is 15.9. The van der Waals surface area contributed by atoms with Crippen LogP contribution in [0.2, 0.25) is 0 Å². The van der Waals surface area contributed by atoms with Crippen LogP contribution in [0.5, 0.6) is 0 Å². The van der Waals surface area contributed by atoms with Crippen molar-refractivity contribution < 1.29 is 14.2 Å². The molecule has 1 aromatic carbocycles. The number of aliphatic hydroxyl groups excluding tert-OH is 1. The number of nitrogens with zero attached hydrogens (tertiary/aromatic N) is 5. The number of aryl methyl sites for hydroxylation is 1. The first-order valence-corrected chi connectivity index (χ1v) is 10.7. The third-order valence-corrected chi connectivity index (χ3v) is 5.73. The van der Waals surface area contributed by atoms with Gasteiger partial charge in [-0.05, 0) is 61.7 Å². The average molecular weight is 450 g/mol. The largest absolute Gasteiger partial charge is 0.390 e. The predicted octanol–water partition coefficient (Wildman–Crippen LogP) is 2.32. The molecule has 1 aliphatic rings. The lowest BCUT2D eigenvalue weighted by Gasteiger charge is -2.13. The van der Waals surface area contributed by atoms with Crippen molar-refractivity contribution in [2.45, 2.75) is 39.0 Å². The van der Waals surface area contributed by atoms with Gasteiger partial charge in [0.05, 0.1) is 36.2 Å². The third-order valence-electron chi connectivity index (χ3n) is 5.73. The van der Waals surface area contributed by atoms with Gasteiger partial charge in [0, 0.05) is 17.9 Å². The molecule has 0 unspecified atom stereocenters. The van der Waals surface area contributed by atoms with Crippen molar-refractivity contribution in [2.75, 3.05) is 12.3 Å². The van der Waals surface area contributed by atoms with Gasteiger partial charge in [-0.15, -0.1) is 5.10 Å². The standard InChI is InChI=1S/C23H23FN6O3/c1-13-9-15(10-17(12-31)26-13)19-20(14-4-6-16(24)7-5-14)27-22(25)30-21(19)28-29(23(30)32)11-18-3-2-8-33-18/h4-7,9-10,18,31H,2-3,8,11-12H2,1H3,(H2,25,27)/t18-/m1/s1. The number of ether oxygens (including phenoxy) is 1. The monoisotopic (exact) mass is 450 g/mol. The maximum Gasteiger partial charge on any atom is 0.353 e. The Kier molecular flexibility index (Phi) is 5.39. The number of aromatic nitrogens is 5. The molecule has 4 heterocycles. The van der Waals surface area contributed by atoms with Gasteiger partial charge in [0.25, 0.3) is 0 Å². The van der Waals surface area contributed by atoms with Crippen LogP contribution in [0.1, 0.15) is 24.2 Å². The van der Waals surface area contributed by atoms with Crippen LogP contribution in [-0.2, 0) is 17.9 Å². The van der Waals surface area contributed by atoms with E-state index in [4.69, 9.17) is 10.5 Å². The molecule has 0 radical (unpaired) electrons. The summed E-state index contributed by atoms with van der Waals surface area (Å²) in [4.78, 5) is 22.0. The van der Waals surface area contributed by atoms with Gasteiger partial charge in [0.2, 0.25) is 5.95 Å². The van der Waals surface area contributed by atoms with Crippen LogP contribution in [0.3, 0.4) is 0 Å². The van der Waals surface area contributed by atoms with Crippen LogP contribution in [0.25, 0.3) is 28.0 Å². The SMILES string of the molecule is Cc1cc(-c2c(-c3ccc(F)cc3)nc(N)n3c(=O)n(C[C@H]4CCCO4)nc23)cc(CO)n1. The van der Waals surface area contributed by atoms with Crippen LogP contribution < -0.4 is 11.4 Å². The molecule has 1 saturated heterocycles. The van der Waals surface area contributed by atoms with E-state index >= 15 is 0 Å². The highest BCUT2D eigenvalue weighted by molar-refractivity contribution is 5.90. The Morgan fingerprint density at radius 2 is 2.00 bits per heavy atom. The second-order valence-corrected chi connectivity index (χ2v) is 8.11. The van der Waals surface area contributed by atoms with E-state index in [1.54, 1.807) is 18.2 Å². The summed E-state index contributed by atoms with van der Waals surface area (Å²) in [6.07, 6.45) is 1.70. The maximum absolute atomic E-state index is 13.6. The number of hydrogen-bond acceptors (Lipinski definition) is 7. The fourth-order valence-corrected chi connectivity index (χ4v) is 4.25. The fourth-order valence-electron chi connectivity index (χ4n) is 4.25. The molecule has 10 heteroatoms. The number of halogens is 1. The van der Waals surface area contributed by atoms with Crippen molar-refractivity contribution in [1.82, 2.24) is 24.1 Å². The number of anilines is 1. The van der Waals surface area contributed by atoms with Crippen molar-refractivity contribution in [3.63, 3.8) is 0 Å². The first kappa shape index (κ1) is 21.2. The van der Waals surface area contributed by atoms with E-state index < -0.39 is 5.69 Å². The minimum absolute atomic E-state index is 0.0233.